The molecule has 2 aromatic carbocycles. The number of sulfonamides is 1. The van der Waals surface area contributed by atoms with E-state index in [1.165, 1.54) is 0 Å². The summed E-state index contributed by atoms with van der Waals surface area (Å²) in [7, 11) is -4.30. The second-order valence-electron chi connectivity index (χ2n) is 7.20. The summed E-state index contributed by atoms with van der Waals surface area (Å²) in [6.45, 7) is 0.408. The largest absolute Gasteiger partial charge is 0.339 e. The zero-order valence-electron chi connectivity index (χ0n) is 15.1. The number of piperazine rings is 1. The van der Waals surface area contributed by atoms with E-state index < -0.39 is 32.0 Å². The topological polar surface area (TPSA) is 57.7 Å². The predicted molar refractivity (Wildman–Crippen MR) is 99.1 cm³/mol. The summed E-state index contributed by atoms with van der Waals surface area (Å²) in [5.74, 6) is -2.23. The molecule has 0 aromatic heterocycles. The van der Waals surface area contributed by atoms with Crippen LogP contribution in [0.25, 0.3) is 0 Å². The number of halogens is 2. The molecule has 148 valence electrons. The normalized spacial score (nSPS) is 19.4. The van der Waals surface area contributed by atoms with E-state index in [-0.39, 0.29) is 32.1 Å². The molecule has 8 heteroatoms. The maximum Gasteiger partial charge on any atom is 0.249 e. The third kappa shape index (κ3) is 3.10. The van der Waals surface area contributed by atoms with E-state index in [4.69, 9.17) is 0 Å². The van der Waals surface area contributed by atoms with Gasteiger partial charge in [-0.3, -0.25) is 4.79 Å². The van der Waals surface area contributed by atoms with E-state index in [9.17, 15) is 22.0 Å². The predicted octanol–water partition coefficient (Wildman–Crippen LogP) is 2.53. The fourth-order valence-corrected chi connectivity index (χ4v) is 5.33. The van der Waals surface area contributed by atoms with Gasteiger partial charge < -0.3 is 4.90 Å². The first-order valence-electron chi connectivity index (χ1n) is 9.15. The van der Waals surface area contributed by atoms with Crippen LogP contribution in [0.2, 0.25) is 0 Å². The summed E-state index contributed by atoms with van der Waals surface area (Å²) in [6.07, 6.45) is 1.55. The van der Waals surface area contributed by atoms with Crippen molar-refractivity contribution in [1.29, 1.82) is 0 Å². The van der Waals surface area contributed by atoms with Crippen LogP contribution in [-0.4, -0.2) is 49.7 Å². The molecule has 0 bridgehead atoms. The van der Waals surface area contributed by atoms with E-state index in [2.05, 4.69) is 0 Å². The summed E-state index contributed by atoms with van der Waals surface area (Å²) >= 11 is 0. The first-order valence-corrected chi connectivity index (χ1v) is 10.6. The lowest BCUT2D eigenvalue weighted by molar-refractivity contribution is -0.135. The second kappa shape index (κ2) is 6.93. The fourth-order valence-electron chi connectivity index (χ4n) is 3.80. The summed E-state index contributed by atoms with van der Waals surface area (Å²) in [4.78, 5) is 13.8. The van der Waals surface area contributed by atoms with Crippen LogP contribution >= 0.6 is 0 Å². The van der Waals surface area contributed by atoms with Crippen molar-refractivity contribution in [3.05, 3.63) is 65.7 Å². The van der Waals surface area contributed by atoms with Gasteiger partial charge >= 0.3 is 0 Å². The Bertz CT molecular complexity index is 979. The van der Waals surface area contributed by atoms with Gasteiger partial charge in [0.2, 0.25) is 15.9 Å². The van der Waals surface area contributed by atoms with Crippen molar-refractivity contribution in [2.45, 2.75) is 23.2 Å². The van der Waals surface area contributed by atoms with Crippen molar-refractivity contribution in [2.24, 2.45) is 0 Å². The highest BCUT2D eigenvalue weighted by molar-refractivity contribution is 7.89. The van der Waals surface area contributed by atoms with Gasteiger partial charge in [0.05, 0.1) is 5.41 Å². The highest BCUT2D eigenvalue weighted by atomic mass is 32.2. The first-order chi connectivity index (χ1) is 13.4. The van der Waals surface area contributed by atoms with Crippen molar-refractivity contribution >= 4 is 15.9 Å². The summed E-state index contributed by atoms with van der Waals surface area (Å²) < 4.78 is 54.3. The van der Waals surface area contributed by atoms with Gasteiger partial charge in [-0.05, 0) is 30.5 Å². The first kappa shape index (κ1) is 19.0. The third-order valence-electron chi connectivity index (χ3n) is 5.53. The lowest BCUT2D eigenvalue weighted by atomic mass is 9.94. The van der Waals surface area contributed by atoms with Crippen LogP contribution in [0.5, 0.6) is 0 Å². The van der Waals surface area contributed by atoms with Crippen molar-refractivity contribution < 1.29 is 22.0 Å². The van der Waals surface area contributed by atoms with Crippen molar-refractivity contribution in [1.82, 2.24) is 9.21 Å². The molecule has 2 fully saturated rings. The second-order valence-corrected chi connectivity index (χ2v) is 9.07. The Hall–Kier alpha value is -2.32. The van der Waals surface area contributed by atoms with Gasteiger partial charge in [0.1, 0.15) is 11.6 Å². The zero-order valence-corrected chi connectivity index (χ0v) is 16.0. The lowest BCUT2D eigenvalue weighted by Crippen LogP contribution is -2.53. The van der Waals surface area contributed by atoms with E-state index in [0.717, 1.165) is 40.9 Å². The SMILES string of the molecule is O=C(N1CCN(S(=O)(=O)c2c(F)cccc2F)CC1)C1(c2ccccc2)CC1. The minimum Gasteiger partial charge on any atom is -0.339 e. The molecular formula is C20H20F2N2O3S. The van der Waals surface area contributed by atoms with E-state index >= 15 is 0 Å². The minimum absolute atomic E-state index is 0.00665. The van der Waals surface area contributed by atoms with Crippen molar-refractivity contribution in [2.75, 3.05) is 26.2 Å². The molecule has 2 aliphatic rings. The summed E-state index contributed by atoms with van der Waals surface area (Å²) in [5, 5.41) is 0. The number of rotatable bonds is 4. The molecule has 0 atom stereocenters. The molecule has 2 aromatic rings. The fraction of sp³-hybridized carbons (Fsp3) is 0.350. The number of carbonyl (C=O) groups excluding carboxylic acids is 1. The minimum atomic E-state index is -4.30. The van der Waals surface area contributed by atoms with E-state index in [1.807, 2.05) is 30.3 Å². The van der Waals surface area contributed by atoms with Gasteiger partial charge in [-0.25, -0.2) is 17.2 Å². The molecule has 28 heavy (non-hydrogen) atoms. The number of nitrogens with zero attached hydrogens (tertiary/aromatic N) is 2. The Labute approximate surface area is 162 Å². The summed E-state index contributed by atoms with van der Waals surface area (Å²) in [6, 6.07) is 12.5. The van der Waals surface area contributed by atoms with Crippen LogP contribution in [-0.2, 0) is 20.2 Å². The van der Waals surface area contributed by atoms with Crippen LogP contribution in [0.4, 0.5) is 8.78 Å². The number of hydrogen-bond acceptors (Lipinski definition) is 3. The van der Waals surface area contributed by atoms with Crippen molar-refractivity contribution in [3.63, 3.8) is 0 Å². The van der Waals surface area contributed by atoms with Gasteiger partial charge in [0.25, 0.3) is 0 Å². The molecule has 5 nitrogen and oxygen atoms in total. The van der Waals surface area contributed by atoms with Crippen LogP contribution in [0.3, 0.4) is 0 Å². The quantitative estimate of drug-likeness (QED) is 0.784. The molecule has 0 unspecified atom stereocenters. The highest BCUT2D eigenvalue weighted by Crippen LogP contribution is 2.49. The Balaban J connectivity index is 1.49. The molecular weight excluding hydrogens is 386 g/mol. The maximum atomic E-state index is 13.9. The summed E-state index contributed by atoms with van der Waals surface area (Å²) in [5.41, 5.74) is 0.462. The molecule has 0 radical (unpaired) electrons. The Kier molecular flexibility index (Phi) is 4.71. The molecule has 1 aliphatic carbocycles. The van der Waals surface area contributed by atoms with Crippen molar-refractivity contribution in [3.8, 4) is 0 Å². The molecule has 1 saturated carbocycles. The Morgan fingerprint density at radius 2 is 1.43 bits per heavy atom. The van der Waals surface area contributed by atoms with Crippen LogP contribution in [0, 0.1) is 11.6 Å². The average Bonchev–Trinajstić information content (AvgIpc) is 3.50. The van der Waals surface area contributed by atoms with Crippen LogP contribution in [0.15, 0.2) is 53.4 Å². The third-order valence-corrected chi connectivity index (χ3v) is 7.48. The Morgan fingerprint density at radius 3 is 1.96 bits per heavy atom. The molecule has 1 aliphatic heterocycles. The van der Waals surface area contributed by atoms with Crippen LogP contribution < -0.4 is 0 Å². The van der Waals surface area contributed by atoms with Gasteiger partial charge in [-0.15, -0.1) is 0 Å². The average molecular weight is 406 g/mol. The number of amides is 1. The van der Waals surface area contributed by atoms with Gasteiger partial charge in [-0.1, -0.05) is 36.4 Å². The molecule has 1 saturated heterocycles. The smallest absolute Gasteiger partial charge is 0.249 e. The van der Waals surface area contributed by atoms with Gasteiger partial charge in [0.15, 0.2) is 4.90 Å². The number of carbonyl (C=O) groups is 1. The molecule has 0 N–H and O–H groups in total. The molecule has 1 heterocycles. The molecule has 4 rings (SSSR count). The number of benzene rings is 2. The zero-order chi connectivity index (χ0) is 19.9. The molecule has 0 spiro atoms. The highest BCUT2D eigenvalue weighted by Gasteiger charge is 2.53. The van der Waals surface area contributed by atoms with E-state index in [0.29, 0.717) is 0 Å². The lowest BCUT2D eigenvalue weighted by Gasteiger charge is -2.36. The number of hydrogen-bond donors (Lipinski definition) is 0. The van der Waals surface area contributed by atoms with Crippen LogP contribution in [0.1, 0.15) is 18.4 Å². The Morgan fingerprint density at radius 1 is 0.857 bits per heavy atom. The molecule has 1 amide bonds. The standard InChI is InChI=1S/C20H20F2N2O3S/c21-16-7-4-8-17(22)18(16)28(26,27)24-13-11-23(12-14-24)19(25)20(9-10-20)15-5-2-1-3-6-15/h1-8H,9-14H2. The maximum absolute atomic E-state index is 13.9. The van der Waals surface area contributed by atoms with Gasteiger partial charge in [0, 0.05) is 26.2 Å². The monoisotopic (exact) mass is 406 g/mol. The van der Waals surface area contributed by atoms with E-state index in [1.54, 1.807) is 4.90 Å². The van der Waals surface area contributed by atoms with Gasteiger partial charge in [-0.2, -0.15) is 4.31 Å².